The largest absolute Gasteiger partial charge is 0.378 e. The highest BCUT2D eigenvalue weighted by Crippen LogP contribution is 2.21. The summed E-state index contributed by atoms with van der Waals surface area (Å²) in [6.45, 7) is 0. The molecule has 21 heavy (non-hydrogen) atoms. The van der Waals surface area contributed by atoms with Gasteiger partial charge in [0.2, 0.25) is 0 Å². The number of fused-ring (bicyclic) bond motifs is 1. The van der Waals surface area contributed by atoms with Crippen molar-refractivity contribution in [3.05, 3.63) is 72.3 Å². The summed E-state index contributed by atoms with van der Waals surface area (Å²) >= 11 is 0. The molecule has 3 aromatic carbocycles. The third kappa shape index (κ3) is 3.11. The van der Waals surface area contributed by atoms with Crippen LogP contribution in [0.15, 0.2) is 71.7 Å². The lowest BCUT2D eigenvalue weighted by Gasteiger charge is -2.11. The van der Waals surface area contributed by atoms with Crippen LogP contribution in [0.1, 0.15) is 5.56 Å². The predicted molar refractivity (Wildman–Crippen MR) is 92.0 cm³/mol. The van der Waals surface area contributed by atoms with Crippen LogP contribution in [-0.4, -0.2) is 20.3 Å². The maximum atomic E-state index is 4.56. The Kier molecular flexibility index (Phi) is 3.69. The molecule has 0 aliphatic rings. The minimum atomic E-state index is 0.977. The quantitative estimate of drug-likeness (QED) is 0.634. The van der Waals surface area contributed by atoms with Crippen LogP contribution in [0.3, 0.4) is 0 Å². The standard InChI is InChI=1S/C19H18N2/c1-21(2)19-11-7-15(8-12-19)14-20-18-10-9-16-5-3-4-6-17(16)13-18/h3-14H,1-2H3. The average Bonchev–Trinajstić information content (AvgIpc) is 2.53. The van der Waals surface area contributed by atoms with Crippen molar-refractivity contribution in [3.63, 3.8) is 0 Å². The van der Waals surface area contributed by atoms with Crippen LogP contribution < -0.4 is 4.90 Å². The van der Waals surface area contributed by atoms with Gasteiger partial charge in [-0.05, 0) is 40.6 Å². The van der Waals surface area contributed by atoms with E-state index in [0.29, 0.717) is 0 Å². The summed E-state index contributed by atoms with van der Waals surface area (Å²) in [7, 11) is 4.08. The Labute approximate surface area is 125 Å². The van der Waals surface area contributed by atoms with Gasteiger partial charge in [0.25, 0.3) is 0 Å². The van der Waals surface area contributed by atoms with Gasteiger partial charge in [0.05, 0.1) is 5.69 Å². The van der Waals surface area contributed by atoms with Gasteiger partial charge in [0.15, 0.2) is 0 Å². The molecule has 2 nitrogen and oxygen atoms in total. The third-order valence-corrected chi connectivity index (χ3v) is 3.51. The van der Waals surface area contributed by atoms with Crippen LogP contribution in [0.25, 0.3) is 10.8 Å². The molecule has 0 saturated heterocycles. The summed E-state index contributed by atoms with van der Waals surface area (Å²) in [6, 6.07) is 23.0. The zero-order valence-corrected chi connectivity index (χ0v) is 12.3. The lowest BCUT2D eigenvalue weighted by molar-refractivity contribution is 1.13. The normalized spacial score (nSPS) is 11.1. The molecule has 2 heteroatoms. The lowest BCUT2D eigenvalue weighted by atomic mass is 10.1. The van der Waals surface area contributed by atoms with E-state index in [1.807, 2.05) is 26.4 Å². The van der Waals surface area contributed by atoms with Gasteiger partial charge < -0.3 is 4.90 Å². The van der Waals surface area contributed by atoms with Gasteiger partial charge in [-0.1, -0.05) is 42.5 Å². The minimum Gasteiger partial charge on any atom is -0.378 e. The first kappa shape index (κ1) is 13.4. The maximum absolute atomic E-state index is 4.56. The highest BCUT2D eigenvalue weighted by atomic mass is 15.1. The average molecular weight is 274 g/mol. The van der Waals surface area contributed by atoms with Crippen molar-refractivity contribution in [2.24, 2.45) is 4.99 Å². The van der Waals surface area contributed by atoms with Gasteiger partial charge in [-0.2, -0.15) is 0 Å². The third-order valence-electron chi connectivity index (χ3n) is 3.51. The van der Waals surface area contributed by atoms with Gasteiger partial charge in [0.1, 0.15) is 0 Å². The molecule has 3 aromatic rings. The summed E-state index contributed by atoms with van der Waals surface area (Å²) in [6.07, 6.45) is 1.91. The summed E-state index contributed by atoms with van der Waals surface area (Å²) in [5, 5.41) is 2.46. The van der Waals surface area contributed by atoms with Gasteiger partial charge in [0, 0.05) is 26.0 Å². The Morgan fingerprint density at radius 1 is 0.810 bits per heavy atom. The highest BCUT2D eigenvalue weighted by Gasteiger charge is 1.96. The van der Waals surface area contributed by atoms with Crippen molar-refractivity contribution in [2.45, 2.75) is 0 Å². The summed E-state index contributed by atoms with van der Waals surface area (Å²) in [5.74, 6) is 0. The molecule has 0 spiro atoms. The van der Waals surface area contributed by atoms with E-state index in [-0.39, 0.29) is 0 Å². The first-order chi connectivity index (χ1) is 10.2. The number of benzene rings is 3. The molecular formula is C19H18N2. The van der Waals surface area contributed by atoms with Crippen molar-refractivity contribution in [2.75, 3.05) is 19.0 Å². The van der Waals surface area contributed by atoms with Crippen LogP contribution in [0, 0.1) is 0 Å². The van der Waals surface area contributed by atoms with Crippen molar-refractivity contribution in [1.29, 1.82) is 0 Å². The fourth-order valence-corrected chi connectivity index (χ4v) is 2.26. The van der Waals surface area contributed by atoms with E-state index in [1.165, 1.54) is 16.5 Å². The Morgan fingerprint density at radius 2 is 1.52 bits per heavy atom. The molecule has 0 bridgehead atoms. The second-order valence-corrected chi connectivity index (χ2v) is 5.28. The number of nitrogens with zero attached hydrogens (tertiary/aromatic N) is 2. The fraction of sp³-hybridized carbons (Fsp3) is 0.105. The van der Waals surface area contributed by atoms with Gasteiger partial charge in [-0.25, -0.2) is 0 Å². The first-order valence-corrected chi connectivity index (χ1v) is 7.03. The van der Waals surface area contributed by atoms with Gasteiger partial charge in [-0.15, -0.1) is 0 Å². The molecule has 0 saturated carbocycles. The van der Waals surface area contributed by atoms with Crippen LogP contribution in [0.4, 0.5) is 11.4 Å². The van der Waals surface area contributed by atoms with Crippen molar-refractivity contribution in [1.82, 2.24) is 0 Å². The molecule has 0 heterocycles. The Morgan fingerprint density at radius 3 is 2.24 bits per heavy atom. The van der Waals surface area contributed by atoms with E-state index in [0.717, 1.165) is 11.3 Å². The Bertz CT molecular complexity index is 771. The molecule has 0 aromatic heterocycles. The van der Waals surface area contributed by atoms with E-state index < -0.39 is 0 Å². The zero-order chi connectivity index (χ0) is 14.7. The van der Waals surface area contributed by atoms with Crippen LogP contribution in [0.5, 0.6) is 0 Å². The molecule has 0 fully saturated rings. The van der Waals surface area contributed by atoms with Gasteiger partial charge >= 0.3 is 0 Å². The maximum Gasteiger partial charge on any atom is 0.0636 e. The van der Waals surface area contributed by atoms with E-state index in [9.17, 15) is 0 Å². The SMILES string of the molecule is CN(C)c1ccc(C=Nc2ccc3ccccc3c2)cc1. The molecule has 0 aliphatic heterocycles. The molecule has 0 aliphatic carbocycles. The number of aliphatic imine (C=N–C) groups is 1. The van der Waals surface area contributed by atoms with E-state index in [4.69, 9.17) is 0 Å². The number of rotatable bonds is 3. The smallest absolute Gasteiger partial charge is 0.0636 e. The predicted octanol–water partition coefficient (Wildman–Crippen LogP) is 4.66. The molecule has 0 N–H and O–H groups in total. The Balaban J connectivity index is 1.83. The van der Waals surface area contributed by atoms with Crippen molar-refractivity contribution < 1.29 is 0 Å². The number of hydrogen-bond acceptors (Lipinski definition) is 2. The Hall–Kier alpha value is -2.61. The molecule has 3 rings (SSSR count). The molecular weight excluding hydrogens is 256 g/mol. The molecule has 0 unspecified atom stereocenters. The van der Waals surface area contributed by atoms with Crippen molar-refractivity contribution >= 4 is 28.4 Å². The van der Waals surface area contributed by atoms with E-state index in [2.05, 4.69) is 70.6 Å². The number of anilines is 1. The van der Waals surface area contributed by atoms with Crippen LogP contribution in [-0.2, 0) is 0 Å². The lowest BCUT2D eigenvalue weighted by Crippen LogP contribution is -2.08. The molecule has 0 radical (unpaired) electrons. The van der Waals surface area contributed by atoms with Crippen LogP contribution >= 0.6 is 0 Å². The number of hydrogen-bond donors (Lipinski definition) is 0. The molecule has 0 amide bonds. The fourth-order valence-electron chi connectivity index (χ4n) is 2.26. The zero-order valence-electron chi connectivity index (χ0n) is 12.3. The second-order valence-electron chi connectivity index (χ2n) is 5.28. The minimum absolute atomic E-state index is 0.977. The summed E-state index contributed by atoms with van der Waals surface area (Å²) in [5.41, 5.74) is 3.27. The van der Waals surface area contributed by atoms with Gasteiger partial charge in [-0.3, -0.25) is 4.99 Å². The summed E-state index contributed by atoms with van der Waals surface area (Å²) in [4.78, 5) is 6.65. The molecule has 0 atom stereocenters. The molecule has 104 valence electrons. The van der Waals surface area contributed by atoms with E-state index >= 15 is 0 Å². The summed E-state index contributed by atoms with van der Waals surface area (Å²) < 4.78 is 0. The second kappa shape index (κ2) is 5.80. The highest BCUT2D eigenvalue weighted by molar-refractivity contribution is 5.87. The first-order valence-electron chi connectivity index (χ1n) is 7.03. The topological polar surface area (TPSA) is 15.6 Å². The van der Waals surface area contributed by atoms with E-state index in [1.54, 1.807) is 0 Å². The van der Waals surface area contributed by atoms with Crippen molar-refractivity contribution in [3.8, 4) is 0 Å². The van der Waals surface area contributed by atoms with Crippen LogP contribution in [0.2, 0.25) is 0 Å². The monoisotopic (exact) mass is 274 g/mol.